The molecule has 1 aliphatic heterocycles. The van der Waals surface area contributed by atoms with Crippen molar-refractivity contribution in [2.24, 2.45) is 0 Å². The normalized spacial score (nSPS) is 20.5. The molecule has 3 heteroatoms. The Morgan fingerprint density at radius 3 is 2.95 bits per heavy atom. The lowest BCUT2D eigenvalue weighted by atomic mass is 10.0. The lowest BCUT2D eigenvalue weighted by Crippen LogP contribution is -2.44. The Morgan fingerprint density at radius 2 is 2.21 bits per heavy atom. The molecule has 106 valence electrons. The maximum absolute atomic E-state index is 3.63. The molecule has 0 aliphatic carbocycles. The average molecular weight is 278 g/mol. The molecule has 2 nitrogen and oxygen atoms in total. The van der Waals surface area contributed by atoms with Crippen LogP contribution in [0.25, 0.3) is 0 Å². The average Bonchev–Trinajstić information content (AvgIpc) is 2.66. The van der Waals surface area contributed by atoms with Crippen molar-refractivity contribution in [3.63, 3.8) is 0 Å². The highest BCUT2D eigenvalue weighted by molar-refractivity contribution is 7.98. The van der Waals surface area contributed by atoms with E-state index >= 15 is 0 Å². The number of nitrogens with zero attached hydrogens (tertiary/aromatic N) is 1. The quantitative estimate of drug-likeness (QED) is 0.887. The summed E-state index contributed by atoms with van der Waals surface area (Å²) in [5, 5.41) is 3.63. The molecule has 0 saturated carbocycles. The number of para-hydroxylation sites is 1. The van der Waals surface area contributed by atoms with Gasteiger partial charge in [0.1, 0.15) is 0 Å². The second-order valence-electron chi connectivity index (χ2n) is 5.41. The first-order chi connectivity index (χ1) is 9.26. The highest BCUT2D eigenvalue weighted by Gasteiger charge is 2.23. The number of benzene rings is 1. The van der Waals surface area contributed by atoms with Crippen LogP contribution in [0.4, 0.5) is 5.69 Å². The number of anilines is 1. The predicted molar refractivity (Wildman–Crippen MR) is 87.3 cm³/mol. The van der Waals surface area contributed by atoms with Crippen LogP contribution in [0.1, 0.15) is 25.3 Å². The fourth-order valence-corrected chi connectivity index (χ4v) is 3.78. The zero-order valence-corrected chi connectivity index (χ0v) is 13.2. The van der Waals surface area contributed by atoms with E-state index in [2.05, 4.69) is 54.7 Å². The van der Waals surface area contributed by atoms with Gasteiger partial charge in [-0.3, -0.25) is 4.90 Å². The van der Waals surface area contributed by atoms with Crippen molar-refractivity contribution in [3.05, 3.63) is 29.8 Å². The zero-order chi connectivity index (χ0) is 13.7. The van der Waals surface area contributed by atoms with Crippen LogP contribution in [0, 0.1) is 0 Å². The smallest absolute Gasteiger partial charge is 0.0373 e. The summed E-state index contributed by atoms with van der Waals surface area (Å²) in [5.41, 5.74) is 2.80. The van der Waals surface area contributed by atoms with Gasteiger partial charge in [-0.15, -0.1) is 0 Å². The molecule has 0 fully saturated rings. The SMILES string of the molecule is CCC(CSC)N(C)C1CCc2ccccc2NC1. The van der Waals surface area contributed by atoms with Crippen LogP contribution < -0.4 is 5.32 Å². The van der Waals surface area contributed by atoms with Gasteiger partial charge in [-0.2, -0.15) is 11.8 Å². The summed E-state index contributed by atoms with van der Waals surface area (Å²) in [6.07, 6.45) is 5.89. The minimum absolute atomic E-state index is 0.643. The van der Waals surface area contributed by atoms with Gasteiger partial charge < -0.3 is 5.32 Å². The van der Waals surface area contributed by atoms with Crippen LogP contribution >= 0.6 is 11.8 Å². The number of hydrogen-bond acceptors (Lipinski definition) is 3. The molecule has 1 aromatic carbocycles. The Morgan fingerprint density at radius 1 is 1.42 bits per heavy atom. The number of fused-ring (bicyclic) bond motifs is 1. The molecular formula is C16H26N2S. The Labute approximate surface area is 122 Å². The van der Waals surface area contributed by atoms with Crippen molar-refractivity contribution in [1.82, 2.24) is 4.90 Å². The molecule has 0 bridgehead atoms. The van der Waals surface area contributed by atoms with Crippen LogP contribution in [0.5, 0.6) is 0 Å². The van der Waals surface area contributed by atoms with Crippen LogP contribution in [-0.2, 0) is 6.42 Å². The molecule has 1 aromatic rings. The fraction of sp³-hybridized carbons (Fsp3) is 0.625. The third-order valence-electron chi connectivity index (χ3n) is 4.27. The minimum atomic E-state index is 0.643. The van der Waals surface area contributed by atoms with E-state index in [-0.39, 0.29) is 0 Å². The number of nitrogens with one attached hydrogen (secondary N) is 1. The van der Waals surface area contributed by atoms with Gasteiger partial charge in [-0.1, -0.05) is 25.1 Å². The van der Waals surface area contributed by atoms with Crippen molar-refractivity contribution in [1.29, 1.82) is 0 Å². The summed E-state index contributed by atoms with van der Waals surface area (Å²) in [6.45, 7) is 3.37. The molecule has 1 heterocycles. The number of likely N-dealkylation sites (N-methyl/N-ethyl adjacent to an activating group) is 1. The molecule has 1 aliphatic rings. The first-order valence-electron chi connectivity index (χ1n) is 7.29. The molecule has 0 amide bonds. The van der Waals surface area contributed by atoms with Crippen molar-refractivity contribution in [2.75, 3.05) is 30.9 Å². The largest absolute Gasteiger partial charge is 0.383 e. The molecule has 0 radical (unpaired) electrons. The van der Waals surface area contributed by atoms with E-state index in [9.17, 15) is 0 Å². The summed E-state index contributed by atoms with van der Waals surface area (Å²) < 4.78 is 0. The van der Waals surface area contributed by atoms with Crippen molar-refractivity contribution < 1.29 is 0 Å². The molecule has 19 heavy (non-hydrogen) atoms. The molecule has 0 saturated heterocycles. The lowest BCUT2D eigenvalue weighted by Gasteiger charge is -2.34. The molecule has 2 atom stereocenters. The number of thioether (sulfide) groups is 1. The number of hydrogen-bond donors (Lipinski definition) is 1. The second kappa shape index (κ2) is 7.20. The van der Waals surface area contributed by atoms with Gasteiger partial charge in [0.05, 0.1) is 0 Å². The molecule has 0 aromatic heterocycles. The van der Waals surface area contributed by atoms with Crippen LogP contribution in [0.15, 0.2) is 24.3 Å². The standard InChI is InChI=1S/C16H26N2S/c1-4-14(12-19-3)18(2)15-10-9-13-7-5-6-8-16(13)17-11-15/h5-8,14-15,17H,4,9-12H2,1-3H3. The second-order valence-corrected chi connectivity index (χ2v) is 6.32. The molecular weight excluding hydrogens is 252 g/mol. The van der Waals surface area contributed by atoms with E-state index in [4.69, 9.17) is 0 Å². The van der Waals surface area contributed by atoms with Gasteiger partial charge in [-0.25, -0.2) is 0 Å². The van der Waals surface area contributed by atoms with Crippen LogP contribution in [0.2, 0.25) is 0 Å². The molecule has 0 spiro atoms. The van der Waals surface area contributed by atoms with Gasteiger partial charge in [0.15, 0.2) is 0 Å². The van der Waals surface area contributed by atoms with Gasteiger partial charge in [0.2, 0.25) is 0 Å². The van der Waals surface area contributed by atoms with E-state index < -0.39 is 0 Å². The Bertz CT molecular complexity index is 367. The van der Waals surface area contributed by atoms with Gasteiger partial charge >= 0.3 is 0 Å². The first-order valence-corrected chi connectivity index (χ1v) is 8.68. The maximum Gasteiger partial charge on any atom is 0.0373 e. The summed E-state index contributed by atoms with van der Waals surface area (Å²) >= 11 is 1.96. The van der Waals surface area contributed by atoms with Gasteiger partial charge in [0.25, 0.3) is 0 Å². The Kier molecular flexibility index (Phi) is 5.59. The Hall–Kier alpha value is -0.670. The monoisotopic (exact) mass is 278 g/mol. The number of aryl methyl sites for hydroxylation is 1. The Balaban J connectivity index is 2.00. The molecule has 2 rings (SSSR count). The van der Waals surface area contributed by atoms with Crippen molar-refractivity contribution in [3.8, 4) is 0 Å². The fourth-order valence-electron chi connectivity index (χ4n) is 2.92. The summed E-state index contributed by atoms with van der Waals surface area (Å²) in [7, 11) is 2.30. The maximum atomic E-state index is 3.63. The number of rotatable bonds is 5. The van der Waals surface area contributed by atoms with E-state index in [0.29, 0.717) is 12.1 Å². The van der Waals surface area contributed by atoms with E-state index in [1.54, 1.807) is 0 Å². The van der Waals surface area contributed by atoms with Gasteiger partial charge in [0, 0.05) is 30.1 Å². The first kappa shape index (κ1) is 14.7. The summed E-state index contributed by atoms with van der Waals surface area (Å²) in [5.74, 6) is 1.23. The lowest BCUT2D eigenvalue weighted by molar-refractivity contribution is 0.183. The van der Waals surface area contributed by atoms with Crippen LogP contribution in [0.3, 0.4) is 0 Å². The van der Waals surface area contributed by atoms with E-state index in [1.807, 2.05) is 11.8 Å². The summed E-state index contributed by atoms with van der Waals surface area (Å²) in [6, 6.07) is 10.1. The van der Waals surface area contributed by atoms with Crippen LogP contribution in [-0.4, -0.2) is 42.6 Å². The topological polar surface area (TPSA) is 15.3 Å². The van der Waals surface area contributed by atoms with Crippen molar-refractivity contribution in [2.45, 2.75) is 38.3 Å². The third kappa shape index (κ3) is 3.67. The van der Waals surface area contributed by atoms with E-state index in [0.717, 1.165) is 6.54 Å². The highest BCUT2D eigenvalue weighted by atomic mass is 32.2. The molecule has 1 N–H and O–H groups in total. The van der Waals surface area contributed by atoms with Gasteiger partial charge in [-0.05, 0) is 44.2 Å². The summed E-state index contributed by atoms with van der Waals surface area (Å²) in [4.78, 5) is 2.59. The third-order valence-corrected chi connectivity index (χ3v) is 4.99. The minimum Gasteiger partial charge on any atom is -0.383 e. The predicted octanol–water partition coefficient (Wildman–Crippen LogP) is 3.49. The highest BCUT2D eigenvalue weighted by Crippen LogP contribution is 2.24. The molecule has 2 unspecified atom stereocenters. The zero-order valence-electron chi connectivity index (χ0n) is 12.4. The van der Waals surface area contributed by atoms with Crippen molar-refractivity contribution >= 4 is 17.4 Å². The van der Waals surface area contributed by atoms with E-state index in [1.165, 1.54) is 36.3 Å².